The van der Waals surface area contributed by atoms with Gasteiger partial charge in [0.2, 0.25) is 5.91 Å². The Morgan fingerprint density at radius 3 is 2.68 bits per heavy atom. The van der Waals surface area contributed by atoms with Crippen LogP contribution in [0.1, 0.15) is 50.7 Å². The van der Waals surface area contributed by atoms with Crippen molar-refractivity contribution in [2.24, 2.45) is 4.99 Å². The quantitative estimate of drug-likeness (QED) is 0.343. The normalized spacial score (nSPS) is 22.3. The summed E-state index contributed by atoms with van der Waals surface area (Å²) in [4.78, 5) is 18.7. The lowest BCUT2D eigenvalue weighted by atomic mass is 10.0. The Labute approximate surface area is 185 Å². The standard InChI is InChI=1S/C21H32N4O2.HI/c1-3-22-20(24-16-21(2)11-7-13-27-21)23-14-17-8-4-5-9-18(17)15-25-12-6-10-19(25)26;/h4-5,8-9H,3,6-7,10-16H2,1-2H3,(H2,22,23,24);1H. The molecule has 3 rings (SSSR count). The van der Waals surface area contributed by atoms with Gasteiger partial charge in [0.05, 0.1) is 12.1 Å². The maximum atomic E-state index is 11.9. The third-order valence-corrected chi connectivity index (χ3v) is 5.33. The summed E-state index contributed by atoms with van der Waals surface area (Å²) in [6, 6.07) is 8.27. The molecule has 2 N–H and O–H groups in total. The van der Waals surface area contributed by atoms with Crippen molar-refractivity contribution in [3.8, 4) is 0 Å². The Balaban J connectivity index is 0.00000280. The Bertz CT molecular complexity index is 674. The van der Waals surface area contributed by atoms with Gasteiger partial charge in [0, 0.05) is 39.2 Å². The molecule has 0 saturated carbocycles. The van der Waals surface area contributed by atoms with E-state index in [-0.39, 0.29) is 35.5 Å². The lowest BCUT2D eigenvalue weighted by Crippen LogP contribution is -2.45. The van der Waals surface area contributed by atoms with E-state index in [1.165, 1.54) is 5.56 Å². The lowest BCUT2D eigenvalue weighted by Gasteiger charge is -2.24. The number of guanidine groups is 1. The number of carbonyl (C=O) groups excluding carboxylic acids is 1. The number of carbonyl (C=O) groups is 1. The van der Waals surface area contributed by atoms with Gasteiger partial charge in [0.15, 0.2) is 5.96 Å². The van der Waals surface area contributed by atoms with E-state index in [1.807, 2.05) is 17.0 Å². The summed E-state index contributed by atoms with van der Waals surface area (Å²) in [5, 5.41) is 6.73. The number of ether oxygens (including phenoxy) is 1. The molecule has 2 aliphatic rings. The molecule has 1 amide bonds. The monoisotopic (exact) mass is 500 g/mol. The van der Waals surface area contributed by atoms with Crippen LogP contribution in [0.4, 0.5) is 0 Å². The molecule has 7 heteroatoms. The number of hydrogen-bond acceptors (Lipinski definition) is 3. The van der Waals surface area contributed by atoms with Gasteiger partial charge < -0.3 is 20.3 Å². The van der Waals surface area contributed by atoms with Gasteiger partial charge >= 0.3 is 0 Å². The second-order valence-electron chi connectivity index (χ2n) is 7.64. The summed E-state index contributed by atoms with van der Waals surface area (Å²) < 4.78 is 5.85. The average Bonchev–Trinajstić information content (AvgIpc) is 3.28. The number of benzene rings is 1. The first-order valence-corrected chi connectivity index (χ1v) is 10.1. The van der Waals surface area contributed by atoms with Crippen LogP contribution in [0, 0.1) is 0 Å². The van der Waals surface area contributed by atoms with E-state index >= 15 is 0 Å². The Morgan fingerprint density at radius 2 is 2.04 bits per heavy atom. The van der Waals surface area contributed by atoms with Crippen LogP contribution in [0.15, 0.2) is 29.3 Å². The van der Waals surface area contributed by atoms with Crippen molar-refractivity contribution in [3.63, 3.8) is 0 Å². The number of halogens is 1. The number of likely N-dealkylation sites (tertiary alicyclic amines) is 1. The summed E-state index contributed by atoms with van der Waals surface area (Å²) in [6.45, 7) is 8.76. The molecule has 1 atom stereocenters. The van der Waals surface area contributed by atoms with Gasteiger partial charge in [-0.1, -0.05) is 24.3 Å². The average molecular weight is 500 g/mol. The number of hydrogen-bond donors (Lipinski definition) is 2. The van der Waals surface area contributed by atoms with E-state index in [0.29, 0.717) is 19.5 Å². The molecule has 2 fully saturated rings. The van der Waals surface area contributed by atoms with Crippen LogP contribution >= 0.6 is 24.0 Å². The number of amides is 1. The van der Waals surface area contributed by atoms with Crippen LogP contribution < -0.4 is 10.6 Å². The van der Waals surface area contributed by atoms with E-state index in [1.54, 1.807) is 0 Å². The zero-order valence-corrected chi connectivity index (χ0v) is 19.3. The van der Waals surface area contributed by atoms with E-state index in [2.05, 4.69) is 36.6 Å². The van der Waals surface area contributed by atoms with E-state index < -0.39 is 0 Å². The van der Waals surface area contributed by atoms with Gasteiger partial charge in [0.25, 0.3) is 0 Å². The summed E-state index contributed by atoms with van der Waals surface area (Å²) in [5.74, 6) is 1.06. The molecule has 2 heterocycles. The predicted molar refractivity (Wildman–Crippen MR) is 123 cm³/mol. The minimum Gasteiger partial charge on any atom is -0.373 e. The molecule has 6 nitrogen and oxygen atoms in total. The van der Waals surface area contributed by atoms with Gasteiger partial charge in [-0.2, -0.15) is 0 Å². The zero-order chi connectivity index (χ0) is 19.1. The fraction of sp³-hybridized carbons (Fsp3) is 0.619. The second-order valence-corrected chi connectivity index (χ2v) is 7.64. The van der Waals surface area contributed by atoms with Crippen LogP contribution in [0.2, 0.25) is 0 Å². The van der Waals surface area contributed by atoms with Crippen molar-refractivity contribution in [2.75, 3.05) is 26.2 Å². The van der Waals surface area contributed by atoms with E-state index in [9.17, 15) is 4.79 Å². The zero-order valence-electron chi connectivity index (χ0n) is 17.0. The fourth-order valence-electron chi connectivity index (χ4n) is 3.70. The Hall–Kier alpha value is -1.35. The first-order chi connectivity index (χ1) is 13.1. The Kier molecular flexibility index (Phi) is 9.01. The van der Waals surface area contributed by atoms with Gasteiger partial charge in [-0.05, 0) is 44.2 Å². The van der Waals surface area contributed by atoms with Crippen molar-refractivity contribution in [3.05, 3.63) is 35.4 Å². The molecule has 1 aromatic rings. The van der Waals surface area contributed by atoms with Crippen LogP contribution in [0.25, 0.3) is 0 Å². The van der Waals surface area contributed by atoms with E-state index in [4.69, 9.17) is 9.73 Å². The molecular weight excluding hydrogens is 467 g/mol. The highest BCUT2D eigenvalue weighted by Crippen LogP contribution is 2.24. The van der Waals surface area contributed by atoms with E-state index in [0.717, 1.165) is 57.0 Å². The highest BCUT2D eigenvalue weighted by Gasteiger charge is 2.29. The third kappa shape index (κ3) is 6.34. The molecule has 0 aliphatic carbocycles. The molecule has 0 radical (unpaired) electrons. The number of aliphatic imine (C=N–C) groups is 1. The summed E-state index contributed by atoms with van der Waals surface area (Å²) in [7, 11) is 0. The number of nitrogens with zero attached hydrogens (tertiary/aromatic N) is 2. The number of nitrogens with one attached hydrogen (secondary N) is 2. The van der Waals surface area contributed by atoms with Gasteiger partial charge in [-0.15, -0.1) is 24.0 Å². The topological polar surface area (TPSA) is 66.0 Å². The van der Waals surface area contributed by atoms with Gasteiger partial charge in [-0.3, -0.25) is 4.79 Å². The highest BCUT2D eigenvalue weighted by atomic mass is 127. The molecule has 2 saturated heterocycles. The van der Waals surface area contributed by atoms with Crippen molar-refractivity contribution in [2.45, 2.75) is 58.2 Å². The van der Waals surface area contributed by atoms with Crippen molar-refractivity contribution in [1.29, 1.82) is 0 Å². The fourth-order valence-corrected chi connectivity index (χ4v) is 3.70. The molecule has 1 aromatic carbocycles. The van der Waals surface area contributed by atoms with Gasteiger partial charge in [0.1, 0.15) is 0 Å². The molecule has 156 valence electrons. The van der Waals surface area contributed by atoms with Crippen molar-refractivity contribution < 1.29 is 9.53 Å². The summed E-state index contributed by atoms with van der Waals surface area (Å²) in [5.41, 5.74) is 2.24. The van der Waals surface area contributed by atoms with Crippen LogP contribution in [-0.4, -0.2) is 48.6 Å². The maximum Gasteiger partial charge on any atom is 0.222 e. The SMILES string of the molecule is CCNC(=NCc1ccccc1CN1CCCC1=O)NCC1(C)CCCO1.I. The number of rotatable bonds is 7. The molecule has 28 heavy (non-hydrogen) atoms. The molecule has 0 bridgehead atoms. The maximum absolute atomic E-state index is 11.9. The third-order valence-electron chi connectivity index (χ3n) is 5.33. The van der Waals surface area contributed by atoms with Crippen LogP contribution in [0.5, 0.6) is 0 Å². The molecular formula is C21H33IN4O2. The minimum atomic E-state index is -0.107. The minimum absolute atomic E-state index is 0. The molecule has 1 unspecified atom stereocenters. The summed E-state index contributed by atoms with van der Waals surface area (Å²) >= 11 is 0. The smallest absolute Gasteiger partial charge is 0.222 e. The summed E-state index contributed by atoms with van der Waals surface area (Å²) in [6.07, 6.45) is 3.84. The first-order valence-electron chi connectivity index (χ1n) is 10.1. The lowest BCUT2D eigenvalue weighted by molar-refractivity contribution is -0.128. The molecule has 0 aromatic heterocycles. The van der Waals surface area contributed by atoms with Crippen LogP contribution in [0.3, 0.4) is 0 Å². The predicted octanol–water partition coefficient (Wildman–Crippen LogP) is 3.05. The molecule has 2 aliphatic heterocycles. The van der Waals surface area contributed by atoms with Crippen LogP contribution in [-0.2, 0) is 22.6 Å². The van der Waals surface area contributed by atoms with Crippen molar-refractivity contribution in [1.82, 2.24) is 15.5 Å². The van der Waals surface area contributed by atoms with Crippen molar-refractivity contribution >= 4 is 35.8 Å². The Morgan fingerprint density at radius 1 is 1.25 bits per heavy atom. The highest BCUT2D eigenvalue weighted by molar-refractivity contribution is 14.0. The first kappa shape index (κ1) is 22.9. The van der Waals surface area contributed by atoms with Gasteiger partial charge in [-0.25, -0.2) is 4.99 Å². The largest absolute Gasteiger partial charge is 0.373 e. The second kappa shape index (κ2) is 11.0. The molecule has 0 spiro atoms.